The highest BCUT2D eigenvalue weighted by molar-refractivity contribution is 5.89. The first kappa shape index (κ1) is 34.4. The molecule has 248 valence electrons. The van der Waals surface area contributed by atoms with Crippen LogP contribution in [0.5, 0.6) is 34.5 Å². The summed E-state index contributed by atoms with van der Waals surface area (Å²) in [5, 5.41) is 120. The van der Waals surface area contributed by atoms with E-state index in [0.717, 1.165) is 18.2 Å². The van der Waals surface area contributed by atoms with Crippen molar-refractivity contribution in [3.8, 4) is 45.8 Å². The largest absolute Gasteiger partial charge is 1.00 e. The average molecular weight is 663 g/mol. The van der Waals surface area contributed by atoms with E-state index in [2.05, 4.69) is 0 Å². The van der Waals surface area contributed by atoms with E-state index in [9.17, 15) is 61.3 Å². The molecule has 2 unspecified atom stereocenters. The van der Waals surface area contributed by atoms with Crippen molar-refractivity contribution >= 4 is 11.0 Å². The van der Waals surface area contributed by atoms with Gasteiger partial charge in [-0.3, -0.25) is 0 Å². The van der Waals surface area contributed by atoms with Gasteiger partial charge in [0.1, 0.15) is 78.9 Å². The summed E-state index contributed by atoms with van der Waals surface area (Å²) in [4.78, 5) is 0. The Bertz CT molecular complexity index is 1480. The van der Waals surface area contributed by atoms with Crippen LogP contribution in [0.4, 0.5) is 0 Å². The van der Waals surface area contributed by atoms with E-state index in [1.165, 1.54) is 12.1 Å². The van der Waals surface area contributed by atoms with Crippen LogP contribution in [0.25, 0.3) is 22.3 Å². The minimum Gasteiger partial charge on any atom is -1.00 e. The van der Waals surface area contributed by atoms with E-state index in [1.54, 1.807) is 0 Å². The number of aliphatic hydroxyl groups is 8. The second kappa shape index (κ2) is 13.5. The van der Waals surface area contributed by atoms with Gasteiger partial charge in [0.05, 0.1) is 11.6 Å². The van der Waals surface area contributed by atoms with Gasteiger partial charge in [-0.05, 0) is 0 Å². The molecule has 1 aromatic heterocycles. The Morgan fingerprint density at radius 3 is 1.60 bits per heavy atom. The molecule has 10 atom stereocenters. The maximum Gasteiger partial charge on any atom is 0.402 e. The van der Waals surface area contributed by atoms with Crippen LogP contribution in [-0.4, -0.2) is 136 Å². The van der Waals surface area contributed by atoms with Crippen LogP contribution in [0.15, 0.2) is 34.7 Å². The Labute approximate surface area is 258 Å². The number of rotatable bonds is 7. The maximum atomic E-state index is 10.4. The van der Waals surface area contributed by atoms with Crippen LogP contribution in [0.2, 0.25) is 0 Å². The van der Waals surface area contributed by atoms with Gasteiger partial charge in [-0.2, -0.15) is 0 Å². The highest BCUT2D eigenvalue weighted by Gasteiger charge is 2.45. The fourth-order valence-corrected chi connectivity index (χ4v) is 4.81. The minimum atomic E-state index is -1.85. The fraction of sp³-hybridized carbons (Fsp3) is 0.444. The smallest absolute Gasteiger partial charge is 0.402 e. The van der Waals surface area contributed by atoms with E-state index in [1.807, 2.05) is 0 Å². The molecule has 2 aliphatic heterocycles. The number of halogens is 1. The number of phenols is 4. The molecule has 0 spiro atoms. The molecule has 0 saturated carbocycles. The lowest BCUT2D eigenvalue weighted by molar-refractivity contribution is -0.285. The molecule has 3 aromatic rings. The molecular weight excluding hydrogens is 632 g/mol. The molecule has 12 N–H and O–H groups in total. The first-order valence-corrected chi connectivity index (χ1v) is 13.2. The van der Waals surface area contributed by atoms with Gasteiger partial charge in [-0.1, -0.05) is 0 Å². The molecule has 0 amide bonds. The number of phenolic OH excluding ortho intramolecular Hbond substituents is 4. The summed E-state index contributed by atoms with van der Waals surface area (Å²) in [7, 11) is 0. The van der Waals surface area contributed by atoms with Gasteiger partial charge in [-0.25, -0.2) is 4.42 Å². The Hall–Kier alpha value is -3.46. The van der Waals surface area contributed by atoms with E-state index < -0.39 is 91.9 Å². The molecule has 5 rings (SSSR count). The second-order valence-electron chi connectivity index (χ2n) is 10.4. The number of benzene rings is 2. The maximum absolute atomic E-state index is 10.4. The fourth-order valence-electron chi connectivity index (χ4n) is 4.81. The molecule has 3 heterocycles. The average Bonchev–Trinajstić information content (AvgIpc) is 2.99. The van der Waals surface area contributed by atoms with Crippen LogP contribution < -0.4 is 21.9 Å². The van der Waals surface area contributed by atoms with Gasteiger partial charge < -0.3 is 92.6 Å². The third kappa shape index (κ3) is 6.74. The van der Waals surface area contributed by atoms with Crippen molar-refractivity contribution in [1.82, 2.24) is 0 Å². The predicted octanol–water partition coefficient (Wildman–Crippen LogP) is -5.44. The van der Waals surface area contributed by atoms with Crippen molar-refractivity contribution in [2.24, 2.45) is 0 Å². The number of ether oxygens (including phenoxy) is 4. The highest BCUT2D eigenvalue weighted by atomic mass is 35.5. The number of hydrogen-bond acceptors (Lipinski definition) is 16. The zero-order valence-electron chi connectivity index (χ0n) is 22.9. The van der Waals surface area contributed by atoms with Gasteiger partial charge in [-0.15, -0.1) is 0 Å². The molecule has 18 heteroatoms. The summed E-state index contributed by atoms with van der Waals surface area (Å²) in [5.41, 5.74) is -0.0979. The molecule has 2 fully saturated rings. The molecule has 0 bridgehead atoms. The minimum absolute atomic E-state index is 0. The summed E-state index contributed by atoms with van der Waals surface area (Å²) >= 11 is 0. The second-order valence-corrected chi connectivity index (χ2v) is 10.4. The summed E-state index contributed by atoms with van der Waals surface area (Å²) < 4.78 is 27.7. The van der Waals surface area contributed by atoms with Crippen LogP contribution in [-0.2, 0) is 9.47 Å². The van der Waals surface area contributed by atoms with Crippen LogP contribution >= 0.6 is 0 Å². The third-order valence-electron chi connectivity index (χ3n) is 7.31. The summed E-state index contributed by atoms with van der Waals surface area (Å²) in [6.45, 7) is -1.06. The van der Waals surface area contributed by atoms with E-state index in [4.69, 9.17) is 23.4 Å². The Kier molecular flexibility index (Phi) is 10.3. The molecule has 17 nitrogen and oxygen atoms in total. The first-order valence-electron chi connectivity index (χ1n) is 13.2. The Morgan fingerprint density at radius 1 is 0.600 bits per heavy atom. The molecular formula is C27H31ClO17. The summed E-state index contributed by atoms with van der Waals surface area (Å²) in [5.74, 6) is -3.11. The third-order valence-corrected chi connectivity index (χ3v) is 7.31. The van der Waals surface area contributed by atoms with Crippen molar-refractivity contribution in [3.05, 3.63) is 30.3 Å². The van der Waals surface area contributed by atoms with Crippen molar-refractivity contribution in [1.29, 1.82) is 0 Å². The lowest BCUT2D eigenvalue weighted by Gasteiger charge is -2.38. The predicted molar refractivity (Wildman–Crippen MR) is 142 cm³/mol. The van der Waals surface area contributed by atoms with Gasteiger partial charge in [0.25, 0.3) is 0 Å². The standard InChI is InChI=1S/C27H30O17.ClH/c28-9-3-13(40-6-16-19(32)21(34)23(36)26(38)43-16)10-5-15(41-7-17-20(33)22(35)24(37)27(39)44-17)25(42-14(10)4-9)8-1-11(29)18(31)12(30)2-8;/h1-5,16-17,19-24,26-27,32-39H,6-7H2,(H3-,28,29,30,31);1H/t16-,17-,19-,20-,21+,22+,23-,24-,26?,27?;/m1./s1. The molecule has 0 radical (unpaired) electrons. The number of aliphatic hydroxyl groups excluding tert-OH is 8. The number of fused-ring (bicyclic) bond motifs is 1. The van der Waals surface area contributed by atoms with Gasteiger partial charge >= 0.3 is 11.3 Å². The van der Waals surface area contributed by atoms with Crippen LogP contribution in [0.1, 0.15) is 0 Å². The monoisotopic (exact) mass is 662 g/mol. The van der Waals surface area contributed by atoms with Crippen molar-refractivity contribution < 1.29 is 97.0 Å². The molecule has 2 aromatic carbocycles. The van der Waals surface area contributed by atoms with Gasteiger partial charge in [0.15, 0.2) is 29.8 Å². The highest BCUT2D eigenvalue weighted by Crippen LogP contribution is 2.44. The first-order chi connectivity index (χ1) is 20.8. The molecule has 0 aliphatic carbocycles. The summed E-state index contributed by atoms with van der Waals surface area (Å²) in [6, 6.07) is 5.68. The Morgan fingerprint density at radius 2 is 1.09 bits per heavy atom. The van der Waals surface area contributed by atoms with E-state index in [0.29, 0.717) is 0 Å². The van der Waals surface area contributed by atoms with Crippen LogP contribution in [0, 0.1) is 0 Å². The Balaban J connectivity index is 0.00000461. The lowest BCUT2D eigenvalue weighted by Crippen LogP contribution is -3.00. The van der Waals surface area contributed by atoms with Crippen molar-refractivity contribution in [2.75, 3.05) is 13.2 Å². The molecule has 2 aliphatic rings. The summed E-state index contributed by atoms with van der Waals surface area (Å²) in [6.07, 6.45) is -16.8. The SMILES string of the molecule is Oc1cc(OC[C@H]2OC(O)[C@H](O)[C@@H](O)[C@@H]2O)c2cc(OC[C@H]3OC(O)[C@H](O)[C@@H](O)[C@@H]3O)c(-c3cc(O)c(O)c(O)c3)[o+]c2c1.[Cl-]. The van der Waals surface area contributed by atoms with Gasteiger partial charge in [0, 0.05) is 24.3 Å². The quantitative estimate of drug-likeness (QED) is 0.0830. The zero-order valence-corrected chi connectivity index (χ0v) is 23.6. The van der Waals surface area contributed by atoms with Gasteiger partial charge in [0.2, 0.25) is 5.75 Å². The topological polar surface area (TPSA) is 291 Å². The zero-order chi connectivity index (χ0) is 32.0. The molecule has 2 saturated heterocycles. The molecule has 45 heavy (non-hydrogen) atoms. The van der Waals surface area contributed by atoms with Crippen molar-refractivity contribution in [2.45, 2.75) is 61.4 Å². The normalized spacial score (nSPS) is 31.7. The number of hydrogen-bond donors (Lipinski definition) is 12. The van der Waals surface area contributed by atoms with E-state index in [-0.39, 0.29) is 51.9 Å². The van der Waals surface area contributed by atoms with Crippen molar-refractivity contribution in [3.63, 3.8) is 0 Å². The lowest BCUT2D eigenvalue weighted by atomic mass is 9.99. The van der Waals surface area contributed by atoms with E-state index >= 15 is 0 Å². The number of aromatic hydroxyl groups is 4. The van der Waals surface area contributed by atoms with Crippen LogP contribution in [0.3, 0.4) is 0 Å².